The molecule has 3 N–H and O–H groups in total. The molecule has 5 rings (SSSR count). The Balaban J connectivity index is 1.19. The zero-order chi connectivity index (χ0) is 21.4. The van der Waals surface area contributed by atoms with Crippen molar-refractivity contribution in [3.63, 3.8) is 0 Å². The number of para-hydroxylation sites is 1. The number of nitrogens with one attached hydrogen (secondary N) is 3. The first-order valence-corrected chi connectivity index (χ1v) is 11.9. The maximum atomic E-state index is 12.9. The number of pyridine rings is 1. The van der Waals surface area contributed by atoms with Crippen LogP contribution in [0.2, 0.25) is 0 Å². The predicted octanol–water partition coefficient (Wildman–Crippen LogP) is 2.59. The van der Waals surface area contributed by atoms with Crippen molar-refractivity contribution >= 4 is 31.9 Å². The van der Waals surface area contributed by atoms with Crippen molar-refractivity contribution in [1.29, 1.82) is 0 Å². The number of fused-ring (bicyclic) bond motifs is 2. The minimum atomic E-state index is -3.71. The predicted molar refractivity (Wildman–Crippen MR) is 119 cm³/mol. The van der Waals surface area contributed by atoms with Crippen LogP contribution in [0.25, 0.3) is 21.9 Å². The first kappa shape index (κ1) is 20.0. The summed E-state index contributed by atoms with van der Waals surface area (Å²) in [6, 6.07) is 9.51. The van der Waals surface area contributed by atoms with Gasteiger partial charge in [-0.2, -0.15) is 0 Å². The molecule has 9 heteroatoms. The third-order valence-electron chi connectivity index (χ3n) is 6.03. The van der Waals surface area contributed by atoms with E-state index < -0.39 is 10.0 Å². The third-order valence-corrected chi connectivity index (χ3v) is 7.59. The average molecular weight is 441 g/mol. The minimum Gasteiger partial charge on any atom is -0.464 e. The summed E-state index contributed by atoms with van der Waals surface area (Å²) in [5.74, 6) is 0. The van der Waals surface area contributed by atoms with Crippen molar-refractivity contribution in [3.05, 3.63) is 64.9 Å². The van der Waals surface area contributed by atoms with E-state index in [9.17, 15) is 13.2 Å². The van der Waals surface area contributed by atoms with Gasteiger partial charge in [-0.3, -0.25) is 4.79 Å². The molecule has 1 fully saturated rings. The standard InChI is InChI=1S/C22H24N4O4S/c27-22-21-18(5-9-23-22)20(13-24-21)31(28,29)25-16-7-11-26(12-8-16)10-6-15-14-30-19-4-2-1-3-17(15)19/h1-5,9,13-14,16,24-25H,6-8,10-12H2,(H,23,27). The molecule has 0 atom stereocenters. The molecule has 0 spiro atoms. The van der Waals surface area contributed by atoms with Gasteiger partial charge in [0.2, 0.25) is 10.0 Å². The van der Waals surface area contributed by atoms with Crippen LogP contribution in [-0.4, -0.2) is 49.0 Å². The molecule has 1 saturated heterocycles. The zero-order valence-electron chi connectivity index (χ0n) is 16.9. The molecule has 31 heavy (non-hydrogen) atoms. The van der Waals surface area contributed by atoms with Crippen LogP contribution in [0.15, 0.2) is 63.1 Å². The molecule has 4 aromatic rings. The second kappa shape index (κ2) is 7.99. The van der Waals surface area contributed by atoms with Gasteiger partial charge in [0.25, 0.3) is 5.56 Å². The highest BCUT2D eigenvalue weighted by molar-refractivity contribution is 7.89. The van der Waals surface area contributed by atoms with Crippen molar-refractivity contribution < 1.29 is 12.8 Å². The van der Waals surface area contributed by atoms with E-state index in [0.717, 1.165) is 49.9 Å². The molecular formula is C22H24N4O4S. The summed E-state index contributed by atoms with van der Waals surface area (Å²) in [6.45, 7) is 2.57. The van der Waals surface area contributed by atoms with Gasteiger partial charge in [0.1, 0.15) is 16.0 Å². The maximum absolute atomic E-state index is 12.9. The number of sulfonamides is 1. The summed E-state index contributed by atoms with van der Waals surface area (Å²) in [5, 5.41) is 1.56. The summed E-state index contributed by atoms with van der Waals surface area (Å²) in [6.07, 6.45) is 7.06. The normalized spacial score (nSPS) is 16.4. The van der Waals surface area contributed by atoms with Gasteiger partial charge in [-0.25, -0.2) is 13.1 Å². The number of hydrogen-bond donors (Lipinski definition) is 3. The Bertz CT molecular complexity index is 1380. The van der Waals surface area contributed by atoms with Gasteiger partial charge in [0.05, 0.1) is 6.26 Å². The number of aromatic nitrogens is 2. The van der Waals surface area contributed by atoms with Crippen molar-refractivity contribution in [1.82, 2.24) is 19.6 Å². The molecule has 0 amide bonds. The summed E-state index contributed by atoms with van der Waals surface area (Å²) in [7, 11) is -3.71. The van der Waals surface area contributed by atoms with E-state index in [0.29, 0.717) is 5.39 Å². The van der Waals surface area contributed by atoms with Gasteiger partial charge in [-0.1, -0.05) is 18.2 Å². The fourth-order valence-electron chi connectivity index (χ4n) is 4.33. The van der Waals surface area contributed by atoms with Crippen molar-refractivity contribution in [2.75, 3.05) is 19.6 Å². The van der Waals surface area contributed by atoms with E-state index in [1.54, 1.807) is 6.07 Å². The molecular weight excluding hydrogens is 416 g/mol. The Hall–Kier alpha value is -2.88. The lowest BCUT2D eigenvalue weighted by Gasteiger charge is -2.32. The van der Waals surface area contributed by atoms with Crippen LogP contribution in [0.3, 0.4) is 0 Å². The van der Waals surface area contributed by atoms with Gasteiger partial charge < -0.3 is 19.3 Å². The molecule has 1 aliphatic heterocycles. The Labute approximate surface area is 179 Å². The summed E-state index contributed by atoms with van der Waals surface area (Å²) in [4.78, 5) is 19.6. The van der Waals surface area contributed by atoms with Crippen LogP contribution in [-0.2, 0) is 16.4 Å². The monoisotopic (exact) mass is 440 g/mol. The van der Waals surface area contributed by atoms with Crippen LogP contribution in [0, 0.1) is 0 Å². The smallest absolute Gasteiger partial charge is 0.272 e. The number of hydrogen-bond acceptors (Lipinski definition) is 5. The number of likely N-dealkylation sites (tertiary alicyclic amines) is 1. The maximum Gasteiger partial charge on any atom is 0.272 e. The van der Waals surface area contributed by atoms with Crippen LogP contribution < -0.4 is 10.3 Å². The average Bonchev–Trinajstić information content (AvgIpc) is 3.39. The van der Waals surface area contributed by atoms with Crippen LogP contribution in [0.5, 0.6) is 0 Å². The lowest BCUT2D eigenvalue weighted by Crippen LogP contribution is -2.45. The molecule has 1 aliphatic rings. The fourth-order valence-corrected chi connectivity index (χ4v) is 5.80. The van der Waals surface area contributed by atoms with E-state index in [1.165, 1.54) is 18.0 Å². The molecule has 1 aromatic carbocycles. The quantitative estimate of drug-likeness (QED) is 0.427. The van der Waals surface area contributed by atoms with Gasteiger partial charge >= 0.3 is 0 Å². The van der Waals surface area contributed by atoms with E-state index in [2.05, 4.69) is 25.7 Å². The van der Waals surface area contributed by atoms with Crippen LogP contribution in [0.4, 0.5) is 0 Å². The summed E-state index contributed by atoms with van der Waals surface area (Å²) in [5.41, 5.74) is 2.04. The van der Waals surface area contributed by atoms with Crippen molar-refractivity contribution in [2.24, 2.45) is 0 Å². The zero-order valence-corrected chi connectivity index (χ0v) is 17.7. The van der Waals surface area contributed by atoms with Crippen LogP contribution in [0.1, 0.15) is 18.4 Å². The third kappa shape index (κ3) is 3.91. The number of aromatic amines is 2. The highest BCUT2D eigenvalue weighted by atomic mass is 32.2. The Morgan fingerprint density at radius 2 is 1.90 bits per heavy atom. The Morgan fingerprint density at radius 3 is 2.74 bits per heavy atom. The van der Waals surface area contributed by atoms with E-state index >= 15 is 0 Å². The number of nitrogens with zero attached hydrogens (tertiary/aromatic N) is 1. The molecule has 0 radical (unpaired) electrons. The van der Waals surface area contributed by atoms with E-state index in [-0.39, 0.29) is 22.0 Å². The summed E-state index contributed by atoms with van der Waals surface area (Å²) < 4.78 is 34.2. The molecule has 4 heterocycles. The van der Waals surface area contributed by atoms with Crippen molar-refractivity contribution in [2.45, 2.75) is 30.2 Å². The second-order valence-electron chi connectivity index (χ2n) is 7.99. The highest BCUT2D eigenvalue weighted by Crippen LogP contribution is 2.23. The van der Waals surface area contributed by atoms with Gasteiger partial charge in [-0.05, 0) is 50.0 Å². The van der Waals surface area contributed by atoms with Gasteiger partial charge in [0.15, 0.2) is 0 Å². The number of rotatable bonds is 6. The SMILES string of the molecule is O=c1[nH]ccc2c(S(=O)(=O)NC3CCN(CCc4coc5ccccc45)CC3)c[nH]c12. The number of benzene rings is 1. The minimum absolute atomic E-state index is 0.114. The molecule has 162 valence electrons. The van der Waals surface area contributed by atoms with Gasteiger partial charge in [-0.15, -0.1) is 0 Å². The summed E-state index contributed by atoms with van der Waals surface area (Å²) >= 11 is 0. The van der Waals surface area contributed by atoms with Gasteiger partial charge in [0, 0.05) is 35.8 Å². The number of H-pyrrole nitrogens is 2. The first-order valence-electron chi connectivity index (χ1n) is 10.4. The lowest BCUT2D eigenvalue weighted by molar-refractivity contribution is 0.209. The second-order valence-corrected chi connectivity index (χ2v) is 9.68. The highest BCUT2D eigenvalue weighted by Gasteiger charge is 2.26. The molecule has 8 nitrogen and oxygen atoms in total. The number of furan rings is 1. The topological polar surface area (TPSA) is 111 Å². The first-order chi connectivity index (χ1) is 15.0. The molecule has 3 aromatic heterocycles. The van der Waals surface area contributed by atoms with E-state index in [4.69, 9.17) is 4.42 Å². The number of piperidine rings is 1. The molecule has 0 bridgehead atoms. The molecule has 0 saturated carbocycles. The Kier molecular flexibility index (Phi) is 5.17. The fraction of sp³-hybridized carbons (Fsp3) is 0.318. The lowest BCUT2D eigenvalue weighted by atomic mass is 10.0. The molecule has 0 unspecified atom stereocenters. The molecule has 0 aliphatic carbocycles. The van der Waals surface area contributed by atoms with E-state index in [1.807, 2.05) is 24.5 Å². The Morgan fingerprint density at radius 1 is 1.10 bits per heavy atom. The van der Waals surface area contributed by atoms with Crippen LogP contribution >= 0.6 is 0 Å². The van der Waals surface area contributed by atoms with Crippen molar-refractivity contribution in [3.8, 4) is 0 Å². The largest absolute Gasteiger partial charge is 0.464 e.